The van der Waals surface area contributed by atoms with E-state index in [1.54, 1.807) is 11.6 Å². The first-order chi connectivity index (χ1) is 9.91. The number of carbonyl (C=O) groups excluding carboxylic acids is 1. The number of rotatable bonds is 8. The van der Waals surface area contributed by atoms with Crippen LogP contribution in [0, 0.1) is 12.3 Å². The highest BCUT2D eigenvalue weighted by Crippen LogP contribution is 2.31. The summed E-state index contributed by atoms with van der Waals surface area (Å²) < 4.78 is 6.76. The zero-order valence-electron chi connectivity index (χ0n) is 13.2. The fourth-order valence-electron chi connectivity index (χ4n) is 2.55. The Hall–Kier alpha value is -1.85. The highest BCUT2D eigenvalue weighted by molar-refractivity contribution is 5.99. The molecule has 1 atom stereocenters. The Morgan fingerprint density at radius 3 is 2.52 bits per heavy atom. The van der Waals surface area contributed by atoms with Crippen LogP contribution in [0.15, 0.2) is 6.07 Å². The minimum absolute atomic E-state index is 0.101. The van der Waals surface area contributed by atoms with Gasteiger partial charge in [0.25, 0.3) is 0 Å². The average Bonchev–Trinajstić information content (AvgIpc) is 2.78. The van der Waals surface area contributed by atoms with E-state index in [9.17, 15) is 14.7 Å². The minimum Gasteiger partial charge on any atom is -0.480 e. The summed E-state index contributed by atoms with van der Waals surface area (Å²) in [6.45, 7) is 8.12. The molecule has 6 nitrogen and oxygen atoms in total. The van der Waals surface area contributed by atoms with Crippen LogP contribution in [0.1, 0.15) is 45.0 Å². The van der Waals surface area contributed by atoms with Crippen molar-refractivity contribution in [1.29, 1.82) is 0 Å². The predicted molar refractivity (Wildman–Crippen MR) is 78.0 cm³/mol. The lowest BCUT2D eigenvalue weighted by atomic mass is 9.79. The van der Waals surface area contributed by atoms with Gasteiger partial charge < -0.3 is 9.84 Å². The molecule has 0 saturated heterocycles. The van der Waals surface area contributed by atoms with Crippen molar-refractivity contribution in [2.75, 3.05) is 6.61 Å². The van der Waals surface area contributed by atoms with Crippen molar-refractivity contribution in [3.05, 3.63) is 17.5 Å². The molecule has 1 N–H and O–H groups in total. The van der Waals surface area contributed by atoms with E-state index in [2.05, 4.69) is 5.10 Å². The number of aliphatic carboxylic acids is 1. The maximum absolute atomic E-state index is 12.3. The SMILES string of the molecule is CCCC(Cc1cc(C)nn1CC)(C(=O)O)C(=O)OCC. The van der Waals surface area contributed by atoms with Crippen LogP contribution in [0.3, 0.4) is 0 Å². The van der Waals surface area contributed by atoms with Gasteiger partial charge in [-0.05, 0) is 33.3 Å². The van der Waals surface area contributed by atoms with Gasteiger partial charge >= 0.3 is 11.9 Å². The summed E-state index contributed by atoms with van der Waals surface area (Å²) in [6, 6.07) is 1.83. The third-order valence-corrected chi connectivity index (χ3v) is 3.52. The summed E-state index contributed by atoms with van der Waals surface area (Å²) in [5, 5.41) is 14.0. The van der Waals surface area contributed by atoms with Crippen molar-refractivity contribution >= 4 is 11.9 Å². The van der Waals surface area contributed by atoms with Gasteiger partial charge in [-0.2, -0.15) is 5.10 Å². The summed E-state index contributed by atoms with van der Waals surface area (Å²) in [7, 11) is 0. The summed E-state index contributed by atoms with van der Waals surface area (Å²) in [5.74, 6) is -1.80. The number of hydrogen-bond donors (Lipinski definition) is 1. The average molecular weight is 296 g/mol. The normalized spacial score (nSPS) is 13.7. The number of aromatic nitrogens is 2. The number of carbonyl (C=O) groups is 2. The topological polar surface area (TPSA) is 81.4 Å². The van der Waals surface area contributed by atoms with E-state index in [0.29, 0.717) is 13.0 Å². The Morgan fingerprint density at radius 1 is 1.38 bits per heavy atom. The molecule has 0 fully saturated rings. The van der Waals surface area contributed by atoms with Crippen molar-refractivity contribution in [2.45, 2.75) is 53.5 Å². The molecule has 0 aliphatic carbocycles. The van der Waals surface area contributed by atoms with E-state index in [1.807, 2.05) is 26.8 Å². The second-order valence-corrected chi connectivity index (χ2v) is 5.13. The lowest BCUT2D eigenvalue weighted by Gasteiger charge is -2.26. The molecule has 0 aromatic carbocycles. The van der Waals surface area contributed by atoms with Gasteiger partial charge in [-0.3, -0.25) is 14.3 Å². The largest absolute Gasteiger partial charge is 0.480 e. The molecule has 6 heteroatoms. The molecule has 1 heterocycles. The Labute approximate surface area is 125 Å². The van der Waals surface area contributed by atoms with Gasteiger partial charge in [0.05, 0.1) is 12.3 Å². The van der Waals surface area contributed by atoms with E-state index in [1.165, 1.54) is 0 Å². The van der Waals surface area contributed by atoms with Gasteiger partial charge in [0.15, 0.2) is 5.41 Å². The quantitative estimate of drug-likeness (QED) is 0.587. The Bertz CT molecular complexity index is 510. The summed E-state index contributed by atoms with van der Waals surface area (Å²) in [5.41, 5.74) is 0.0230. The van der Waals surface area contributed by atoms with E-state index >= 15 is 0 Å². The molecule has 1 aromatic heterocycles. The number of esters is 1. The third kappa shape index (κ3) is 3.62. The molecular weight excluding hydrogens is 272 g/mol. The molecule has 0 aliphatic heterocycles. The lowest BCUT2D eigenvalue weighted by Crippen LogP contribution is -2.43. The fraction of sp³-hybridized carbons (Fsp3) is 0.667. The second-order valence-electron chi connectivity index (χ2n) is 5.13. The zero-order chi connectivity index (χ0) is 16.0. The third-order valence-electron chi connectivity index (χ3n) is 3.52. The Morgan fingerprint density at radius 2 is 2.05 bits per heavy atom. The van der Waals surface area contributed by atoms with Crippen molar-refractivity contribution in [1.82, 2.24) is 9.78 Å². The molecule has 0 spiro atoms. The van der Waals surface area contributed by atoms with Gasteiger partial charge in [-0.1, -0.05) is 13.3 Å². The minimum atomic E-state index is -1.54. The number of hydrogen-bond acceptors (Lipinski definition) is 4. The number of carboxylic acid groups (broad SMARTS) is 1. The maximum Gasteiger partial charge on any atom is 0.323 e. The molecule has 0 saturated carbocycles. The van der Waals surface area contributed by atoms with Gasteiger partial charge in [0.1, 0.15) is 0 Å². The first kappa shape index (κ1) is 17.2. The van der Waals surface area contributed by atoms with Crippen LogP contribution in [0.25, 0.3) is 0 Å². The van der Waals surface area contributed by atoms with Gasteiger partial charge in [0.2, 0.25) is 0 Å². The van der Waals surface area contributed by atoms with Crippen molar-refractivity contribution in [3.8, 4) is 0 Å². The predicted octanol–water partition coefficient (Wildman–Crippen LogP) is 2.19. The van der Waals surface area contributed by atoms with Crippen LogP contribution < -0.4 is 0 Å². The fourth-order valence-corrected chi connectivity index (χ4v) is 2.55. The molecule has 0 aliphatic rings. The van der Waals surface area contributed by atoms with Crippen LogP contribution >= 0.6 is 0 Å². The molecular formula is C15H24N2O4. The van der Waals surface area contributed by atoms with Crippen molar-refractivity contribution in [2.24, 2.45) is 5.41 Å². The molecule has 1 unspecified atom stereocenters. The van der Waals surface area contributed by atoms with E-state index in [4.69, 9.17) is 4.74 Å². The molecule has 1 rings (SSSR count). The molecule has 1 aromatic rings. The van der Waals surface area contributed by atoms with Gasteiger partial charge in [-0.15, -0.1) is 0 Å². The van der Waals surface area contributed by atoms with E-state index in [0.717, 1.165) is 11.4 Å². The van der Waals surface area contributed by atoms with Crippen molar-refractivity contribution < 1.29 is 19.4 Å². The molecule has 118 valence electrons. The van der Waals surface area contributed by atoms with Crippen LogP contribution in [-0.4, -0.2) is 33.4 Å². The highest BCUT2D eigenvalue weighted by atomic mass is 16.5. The Kier molecular flexibility index (Phi) is 5.93. The number of carboxylic acids is 1. The van der Waals surface area contributed by atoms with Crippen LogP contribution in [0.4, 0.5) is 0 Å². The summed E-state index contributed by atoms with van der Waals surface area (Å²) >= 11 is 0. The van der Waals surface area contributed by atoms with Crippen LogP contribution in [0.2, 0.25) is 0 Å². The monoisotopic (exact) mass is 296 g/mol. The maximum atomic E-state index is 12.3. The second kappa shape index (κ2) is 7.24. The van der Waals surface area contributed by atoms with Crippen molar-refractivity contribution in [3.63, 3.8) is 0 Å². The highest BCUT2D eigenvalue weighted by Gasteiger charge is 2.47. The van der Waals surface area contributed by atoms with E-state index in [-0.39, 0.29) is 19.4 Å². The van der Waals surface area contributed by atoms with Gasteiger partial charge in [-0.25, -0.2) is 0 Å². The standard InChI is InChI=1S/C15H24N2O4/c1-5-8-15(13(18)19,14(20)21-7-3)10-12-9-11(4)16-17(12)6-2/h9H,5-8,10H2,1-4H3,(H,18,19). The zero-order valence-corrected chi connectivity index (χ0v) is 13.2. The lowest BCUT2D eigenvalue weighted by molar-refractivity contribution is -0.169. The molecule has 0 amide bonds. The molecule has 21 heavy (non-hydrogen) atoms. The number of aryl methyl sites for hydroxylation is 2. The smallest absolute Gasteiger partial charge is 0.323 e. The Balaban J connectivity index is 3.22. The summed E-state index contributed by atoms with van der Waals surface area (Å²) in [4.78, 5) is 24.1. The number of nitrogens with zero attached hydrogens (tertiary/aromatic N) is 2. The molecule has 0 radical (unpaired) electrons. The molecule has 0 bridgehead atoms. The first-order valence-corrected chi connectivity index (χ1v) is 7.35. The van der Waals surface area contributed by atoms with Crippen LogP contribution in [0.5, 0.6) is 0 Å². The first-order valence-electron chi connectivity index (χ1n) is 7.35. The summed E-state index contributed by atoms with van der Waals surface area (Å²) in [6.07, 6.45) is 0.934. The van der Waals surface area contributed by atoms with E-state index < -0.39 is 17.4 Å². The number of ether oxygens (including phenoxy) is 1. The van der Waals surface area contributed by atoms with Crippen LogP contribution in [-0.2, 0) is 27.3 Å². The van der Waals surface area contributed by atoms with Gasteiger partial charge in [0, 0.05) is 18.7 Å².